The zero-order chi connectivity index (χ0) is 21.5. The standard InChI is InChI=1S/C24H29N3O3/c1-4-26(15-12-19-10-13-25-14-11-19)22-21(20-8-6-5-7-9-20)23(28)27(24(22)29)16-17-30-18(2)3/h5-11,13-14,18H,4,12,15-17H2,1-3H3. The highest BCUT2D eigenvalue weighted by molar-refractivity contribution is 6.35. The van der Waals surface area contributed by atoms with E-state index in [1.165, 1.54) is 4.90 Å². The van der Waals surface area contributed by atoms with Gasteiger partial charge in [-0.15, -0.1) is 0 Å². The molecule has 0 aliphatic carbocycles. The Kier molecular flexibility index (Phi) is 7.36. The lowest BCUT2D eigenvalue weighted by molar-refractivity contribution is -0.138. The largest absolute Gasteiger partial charge is 0.377 e. The summed E-state index contributed by atoms with van der Waals surface area (Å²) in [5, 5.41) is 0. The quantitative estimate of drug-likeness (QED) is 0.566. The topological polar surface area (TPSA) is 62.7 Å². The number of likely N-dealkylation sites (N-methyl/N-ethyl adjacent to an activating group) is 1. The molecule has 30 heavy (non-hydrogen) atoms. The lowest BCUT2D eigenvalue weighted by atomic mass is 10.0. The van der Waals surface area contributed by atoms with Crippen molar-refractivity contribution in [2.75, 3.05) is 26.2 Å². The molecule has 2 amide bonds. The summed E-state index contributed by atoms with van der Waals surface area (Å²) in [5.41, 5.74) is 2.86. The van der Waals surface area contributed by atoms with Crippen LogP contribution >= 0.6 is 0 Å². The predicted molar refractivity (Wildman–Crippen MR) is 116 cm³/mol. The van der Waals surface area contributed by atoms with Crippen molar-refractivity contribution in [3.63, 3.8) is 0 Å². The summed E-state index contributed by atoms with van der Waals surface area (Å²) in [4.78, 5) is 34.0. The SMILES string of the molecule is CCN(CCc1ccncc1)C1=C(c2ccccc2)C(=O)N(CCOC(C)C)C1=O. The fraction of sp³-hybridized carbons (Fsp3) is 0.375. The molecule has 0 saturated carbocycles. The maximum Gasteiger partial charge on any atom is 0.277 e. The molecular formula is C24H29N3O3. The van der Waals surface area contributed by atoms with Crippen LogP contribution < -0.4 is 0 Å². The summed E-state index contributed by atoms with van der Waals surface area (Å²) in [5.74, 6) is -0.501. The van der Waals surface area contributed by atoms with E-state index in [-0.39, 0.29) is 24.5 Å². The van der Waals surface area contributed by atoms with Crippen LogP contribution in [-0.4, -0.2) is 58.9 Å². The molecule has 0 atom stereocenters. The lowest BCUT2D eigenvalue weighted by Gasteiger charge is -2.25. The molecule has 6 nitrogen and oxygen atoms in total. The number of hydrogen-bond acceptors (Lipinski definition) is 5. The molecule has 0 radical (unpaired) electrons. The molecule has 3 rings (SSSR count). The first-order valence-electron chi connectivity index (χ1n) is 10.4. The van der Waals surface area contributed by atoms with Crippen LogP contribution in [-0.2, 0) is 20.7 Å². The minimum Gasteiger partial charge on any atom is -0.377 e. The van der Waals surface area contributed by atoms with E-state index in [9.17, 15) is 9.59 Å². The number of aromatic nitrogens is 1. The van der Waals surface area contributed by atoms with Crippen LogP contribution in [0.1, 0.15) is 31.9 Å². The molecule has 0 N–H and O–H groups in total. The summed E-state index contributed by atoms with van der Waals surface area (Å²) < 4.78 is 5.58. The molecule has 0 saturated heterocycles. The third-order valence-corrected chi connectivity index (χ3v) is 5.09. The first-order chi connectivity index (χ1) is 14.5. The number of rotatable bonds is 10. The molecule has 1 aromatic carbocycles. The van der Waals surface area contributed by atoms with Crippen LogP contribution in [0.2, 0.25) is 0 Å². The molecule has 1 aliphatic heterocycles. The highest BCUT2D eigenvalue weighted by Crippen LogP contribution is 2.31. The van der Waals surface area contributed by atoms with Crippen LogP contribution in [0.15, 0.2) is 60.6 Å². The molecule has 6 heteroatoms. The van der Waals surface area contributed by atoms with E-state index in [4.69, 9.17) is 4.74 Å². The molecule has 1 aromatic heterocycles. The third kappa shape index (κ3) is 4.94. The van der Waals surface area contributed by atoms with Crippen molar-refractivity contribution >= 4 is 17.4 Å². The van der Waals surface area contributed by atoms with Gasteiger partial charge in [-0.2, -0.15) is 0 Å². The number of pyridine rings is 1. The normalized spacial score (nSPS) is 14.2. The Hall–Kier alpha value is -2.99. The Labute approximate surface area is 178 Å². The van der Waals surface area contributed by atoms with Crippen LogP contribution in [0.4, 0.5) is 0 Å². The third-order valence-electron chi connectivity index (χ3n) is 5.09. The number of benzene rings is 1. The van der Waals surface area contributed by atoms with E-state index < -0.39 is 0 Å². The van der Waals surface area contributed by atoms with Gasteiger partial charge in [0.25, 0.3) is 11.8 Å². The van der Waals surface area contributed by atoms with Gasteiger partial charge in [0.15, 0.2) is 0 Å². The van der Waals surface area contributed by atoms with Gasteiger partial charge in [0.05, 0.1) is 24.8 Å². The van der Waals surface area contributed by atoms with Gasteiger partial charge in [-0.3, -0.25) is 19.5 Å². The van der Waals surface area contributed by atoms with E-state index in [1.54, 1.807) is 12.4 Å². The summed E-state index contributed by atoms with van der Waals surface area (Å²) >= 11 is 0. The highest BCUT2D eigenvalue weighted by Gasteiger charge is 2.40. The van der Waals surface area contributed by atoms with Crippen molar-refractivity contribution in [1.29, 1.82) is 0 Å². The number of amides is 2. The van der Waals surface area contributed by atoms with E-state index in [2.05, 4.69) is 4.98 Å². The zero-order valence-electron chi connectivity index (χ0n) is 17.9. The number of imide groups is 1. The monoisotopic (exact) mass is 407 g/mol. The fourth-order valence-electron chi connectivity index (χ4n) is 3.55. The number of nitrogens with zero attached hydrogens (tertiary/aromatic N) is 3. The van der Waals surface area contributed by atoms with Crippen LogP contribution in [0.3, 0.4) is 0 Å². The number of carbonyl (C=O) groups excluding carboxylic acids is 2. The molecule has 0 unspecified atom stereocenters. The van der Waals surface area contributed by atoms with E-state index >= 15 is 0 Å². The van der Waals surface area contributed by atoms with E-state index in [0.717, 1.165) is 17.5 Å². The van der Waals surface area contributed by atoms with Gasteiger partial charge >= 0.3 is 0 Å². The number of ether oxygens (including phenoxy) is 1. The van der Waals surface area contributed by atoms with Gasteiger partial charge in [-0.25, -0.2) is 0 Å². The second-order valence-corrected chi connectivity index (χ2v) is 7.46. The van der Waals surface area contributed by atoms with E-state index in [1.807, 2.05) is 68.1 Å². The van der Waals surface area contributed by atoms with Crippen molar-refractivity contribution in [1.82, 2.24) is 14.8 Å². The Morgan fingerprint density at radius 1 is 1.03 bits per heavy atom. The Bertz CT molecular complexity index is 894. The average Bonchev–Trinajstić information content (AvgIpc) is 3.00. The van der Waals surface area contributed by atoms with Crippen molar-refractivity contribution in [3.8, 4) is 0 Å². The summed E-state index contributed by atoms with van der Waals surface area (Å²) in [6, 6.07) is 13.4. The average molecular weight is 408 g/mol. The smallest absolute Gasteiger partial charge is 0.277 e. The van der Waals surface area contributed by atoms with Crippen molar-refractivity contribution in [2.45, 2.75) is 33.3 Å². The minimum atomic E-state index is -0.254. The summed E-state index contributed by atoms with van der Waals surface area (Å²) in [6.45, 7) is 7.72. The van der Waals surface area contributed by atoms with Gasteiger partial charge in [-0.1, -0.05) is 30.3 Å². The Balaban J connectivity index is 1.89. The molecule has 1 aliphatic rings. The fourth-order valence-corrected chi connectivity index (χ4v) is 3.55. The van der Waals surface area contributed by atoms with Gasteiger partial charge in [0.2, 0.25) is 0 Å². The lowest BCUT2D eigenvalue weighted by Crippen LogP contribution is -2.38. The Morgan fingerprint density at radius 3 is 2.37 bits per heavy atom. The second-order valence-electron chi connectivity index (χ2n) is 7.46. The summed E-state index contributed by atoms with van der Waals surface area (Å²) in [6.07, 6.45) is 4.34. The van der Waals surface area contributed by atoms with Gasteiger partial charge in [0, 0.05) is 25.5 Å². The minimum absolute atomic E-state index is 0.0475. The summed E-state index contributed by atoms with van der Waals surface area (Å²) in [7, 11) is 0. The molecule has 0 fully saturated rings. The first kappa shape index (κ1) is 21.7. The molecule has 2 aromatic rings. The zero-order valence-corrected chi connectivity index (χ0v) is 17.9. The van der Waals surface area contributed by atoms with Crippen molar-refractivity contribution < 1.29 is 14.3 Å². The van der Waals surface area contributed by atoms with E-state index in [0.29, 0.717) is 31.0 Å². The van der Waals surface area contributed by atoms with Gasteiger partial charge < -0.3 is 9.64 Å². The maximum atomic E-state index is 13.3. The first-order valence-corrected chi connectivity index (χ1v) is 10.4. The number of hydrogen-bond donors (Lipinski definition) is 0. The molecule has 158 valence electrons. The van der Waals surface area contributed by atoms with Gasteiger partial charge in [0.1, 0.15) is 5.70 Å². The van der Waals surface area contributed by atoms with Crippen LogP contribution in [0, 0.1) is 0 Å². The second kappa shape index (κ2) is 10.2. The van der Waals surface area contributed by atoms with Crippen molar-refractivity contribution in [2.24, 2.45) is 0 Å². The van der Waals surface area contributed by atoms with Crippen molar-refractivity contribution in [3.05, 3.63) is 71.7 Å². The highest BCUT2D eigenvalue weighted by atomic mass is 16.5. The Morgan fingerprint density at radius 2 is 1.73 bits per heavy atom. The number of carbonyl (C=O) groups is 2. The van der Waals surface area contributed by atoms with Gasteiger partial charge in [-0.05, 0) is 50.5 Å². The van der Waals surface area contributed by atoms with Crippen LogP contribution in [0.25, 0.3) is 5.57 Å². The maximum absolute atomic E-state index is 13.3. The molecule has 0 bridgehead atoms. The molecular weight excluding hydrogens is 378 g/mol. The molecule has 2 heterocycles. The van der Waals surface area contributed by atoms with Crippen LogP contribution in [0.5, 0.6) is 0 Å². The predicted octanol–water partition coefficient (Wildman–Crippen LogP) is 3.15. The molecule has 0 spiro atoms.